The fraction of sp³-hybridized carbons (Fsp3) is 0.933. The molecule has 2 aliphatic rings. The van der Waals surface area contributed by atoms with Crippen molar-refractivity contribution in [2.75, 3.05) is 33.2 Å². The van der Waals surface area contributed by atoms with E-state index in [-0.39, 0.29) is 6.04 Å². The maximum absolute atomic E-state index is 12.3. The highest BCUT2D eigenvalue weighted by atomic mass is 19.4. The van der Waals surface area contributed by atoms with Crippen molar-refractivity contribution in [2.45, 2.75) is 50.4 Å². The Balaban J connectivity index is 1.71. The van der Waals surface area contributed by atoms with Crippen molar-refractivity contribution in [3.8, 4) is 0 Å². The molecule has 8 heteroatoms. The van der Waals surface area contributed by atoms with E-state index in [1.165, 1.54) is 32.7 Å². The summed E-state index contributed by atoms with van der Waals surface area (Å²) < 4.78 is 36.9. The van der Waals surface area contributed by atoms with Crippen LogP contribution in [-0.2, 0) is 0 Å². The highest BCUT2D eigenvalue weighted by Crippen LogP contribution is 2.26. The third-order valence-electron chi connectivity index (χ3n) is 4.76. The number of alkyl halides is 3. The normalized spacial score (nSPS) is 24.8. The van der Waals surface area contributed by atoms with Crippen molar-refractivity contribution in [2.24, 2.45) is 5.92 Å². The summed E-state index contributed by atoms with van der Waals surface area (Å²) in [6, 6.07) is -0.601. The molecule has 2 amide bonds. The van der Waals surface area contributed by atoms with Gasteiger partial charge in [-0.05, 0) is 25.2 Å². The largest absolute Gasteiger partial charge is 0.416 e. The first kappa shape index (κ1) is 18.3. The van der Waals surface area contributed by atoms with Crippen LogP contribution in [0.25, 0.3) is 0 Å². The molecule has 134 valence electrons. The number of carbonyl (C=O) groups is 1. The van der Waals surface area contributed by atoms with Crippen LogP contribution in [0.4, 0.5) is 18.0 Å². The Labute approximate surface area is 134 Å². The van der Waals surface area contributed by atoms with Crippen LogP contribution in [0.2, 0.25) is 0 Å². The standard InChI is InChI=1S/C15H26F3N3O2/c1-20(10-13(22)15(16,17)18)14(23)19-12-6-7-21(9-12)8-11-4-2-3-5-11/h11-13,22H,2-10H2,1H3,(H,19,23). The second-order valence-electron chi connectivity index (χ2n) is 6.78. The molecule has 0 aromatic heterocycles. The fourth-order valence-corrected chi connectivity index (χ4v) is 3.41. The highest BCUT2D eigenvalue weighted by Gasteiger charge is 2.39. The van der Waals surface area contributed by atoms with Crippen molar-refractivity contribution < 1.29 is 23.1 Å². The highest BCUT2D eigenvalue weighted by molar-refractivity contribution is 5.74. The molecule has 2 rings (SSSR count). The quantitative estimate of drug-likeness (QED) is 0.805. The van der Waals surface area contributed by atoms with Crippen LogP contribution >= 0.6 is 0 Å². The molecule has 0 bridgehead atoms. The molecule has 2 unspecified atom stereocenters. The van der Waals surface area contributed by atoms with E-state index in [9.17, 15) is 18.0 Å². The summed E-state index contributed by atoms with van der Waals surface area (Å²) in [6.07, 6.45) is -1.28. The average molecular weight is 337 g/mol. The van der Waals surface area contributed by atoms with Gasteiger partial charge in [-0.25, -0.2) is 4.79 Å². The van der Waals surface area contributed by atoms with E-state index < -0.39 is 24.9 Å². The van der Waals surface area contributed by atoms with Crippen molar-refractivity contribution in [3.05, 3.63) is 0 Å². The first-order valence-electron chi connectivity index (χ1n) is 8.24. The molecule has 2 atom stereocenters. The molecule has 1 aliphatic heterocycles. The lowest BCUT2D eigenvalue weighted by molar-refractivity contribution is -0.205. The van der Waals surface area contributed by atoms with E-state index in [4.69, 9.17) is 5.11 Å². The molecule has 1 aliphatic carbocycles. The minimum absolute atomic E-state index is 0.0330. The minimum Gasteiger partial charge on any atom is -0.382 e. The smallest absolute Gasteiger partial charge is 0.382 e. The molecule has 0 radical (unpaired) electrons. The lowest BCUT2D eigenvalue weighted by Gasteiger charge is -2.25. The lowest BCUT2D eigenvalue weighted by Crippen LogP contribution is -2.48. The minimum atomic E-state index is -4.71. The van der Waals surface area contributed by atoms with Crippen molar-refractivity contribution in [3.63, 3.8) is 0 Å². The van der Waals surface area contributed by atoms with Crippen LogP contribution in [0, 0.1) is 5.92 Å². The van der Waals surface area contributed by atoms with E-state index in [0.29, 0.717) is 0 Å². The SMILES string of the molecule is CN(CC(O)C(F)(F)F)C(=O)NC1CCN(CC2CCCC2)C1. The molecule has 1 saturated carbocycles. The molecule has 2 fully saturated rings. The van der Waals surface area contributed by atoms with E-state index in [2.05, 4.69) is 10.2 Å². The van der Waals surface area contributed by atoms with Crippen molar-refractivity contribution >= 4 is 6.03 Å². The van der Waals surface area contributed by atoms with Crippen LogP contribution < -0.4 is 5.32 Å². The van der Waals surface area contributed by atoms with Crippen LogP contribution in [0.3, 0.4) is 0 Å². The maximum atomic E-state index is 12.3. The Morgan fingerprint density at radius 3 is 2.61 bits per heavy atom. The van der Waals surface area contributed by atoms with Gasteiger partial charge in [-0.1, -0.05) is 12.8 Å². The number of likely N-dealkylation sites (N-methyl/N-ethyl adjacent to an activating group) is 1. The van der Waals surface area contributed by atoms with Gasteiger partial charge in [-0.2, -0.15) is 13.2 Å². The van der Waals surface area contributed by atoms with Gasteiger partial charge in [0.05, 0.1) is 6.54 Å². The number of halogens is 3. The monoisotopic (exact) mass is 337 g/mol. The van der Waals surface area contributed by atoms with E-state index in [0.717, 1.165) is 36.9 Å². The summed E-state index contributed by atoms with van der Waals surface area (Å²) in [5, 5.41) is 11.8. The topological polar surface area (TPSA) is 55.8 Å². The number of rotatable bonds is 5. The molecule has 1 saturated heterocycles. The molecule has 2 N–H and O–H groups in total. The van der Waals surface area contributed by atoms with Gasteiger partial charge in [0.15, 0.2) is 6.10 Å². The number of aliphatic hydroxyl groups is 1. The van der Waals surface area contributed by atoms with E-state index >= 15 is 0 Å². The Hall–Kier alpha value is -1.02. The number of amides is 2. The van der Waals surface area contributed by atoms with Crippen molar-refractivity contribution in [1.82, 2.24) is 15.1 Å². The summed E-state index contributed by atoms with van der Waals surface area (Å²) >= 11 is 0. The molecular formula is C15H26F3N3O2. The number of urea groups is 1. The summed E-state index contributed by atoms with van der Waals surface area (Å²) in [7, 11) is 1.26. The first-order chi connectivity index (χ1) is 10.8. The summed E-state index contributed by atoms with van der Waals surface area (Å²) in [4.78, 5) is 15.1. The van der Waals surface area contributed by atoms with E-state index in [1.54, 1.807) is 0 Å². The second-order valence-corrected chi connectivity index (χ2v) is 6.78. The Morgan fingerprint density at radius 2 is 2.00 bits per heavy atom. The van der Waals surface area contributed by atoms with Gasteiger partial charge in [-0.3, -0.25) is 0 Å². The molecule has 0 aromatic carbocycles. The van der Waals surface area contributed by atoms with Crippen molar-refractivity contribution in [1.29, 1.82) is 0 Å². The van der Waals surface area contributed by atoms with Crippen LogP contribution in [0.1, 0.15) is 32.1 Å². The molecule has 23 heavy (non-hydrogen) atoms. The number of likely N-dealkylation sites (tertiary alicyclic amines) is 1. The maximum Gasteiger partial charge on any atom is 0.416 e. The molecule has 0 aromatic rings. The summed E-state index contributed by atoms with van der Waals surface area (Å²) in [5.74, 6) is 0.744. The number of aliphatic hydroxyl groups excluding tert-OH is 1. The summed E-state index contributed by atoms with van der Waals surface area (Å²) in [6.45, 7) is 1.96. The third kappa shape index (κ3) is 5.53. The van der Waals surface area contributed by atoms with E-state index in [1.807, 2.05) is 0 Å². The number of nitrogens with zero attached hydrogens (tertiary/aromatic N) is 2. The molecule has 1 heterocycles. The lowest BCUT2D eigenvalue weighted by atomic mass is 10.1. The zero-order valence-corrected chi connectivity index (χ0v) is 13.5. The summed E-state index contributed by atoms with van der Waals surface area (Å²) in [5.41, 5.74) is 0. The Bertz CT molecular complexity index is 400. The van der Waals surface area contributed by atoms with Gasteiger partial charge in [0, 0.05) is 32.7 Å². The number of nitrogens with one attached hydrogen (secondary N) is 1. The third-order valence-corrected chi connectivity index (χ3v) is 4.76. The zero-order valence-electron chi connectivity index (χ0n) is 13.5. The van der Waals surface area contributed by atoms with Gasteiger partial charge in [0.2, 0.25) is 0 Å². The predicted molar refractivity (Wildman–Crippen MR) is 80.0 cm³/mol. The van der Waals surface area contributed by atoms with Crippen LogP contribution in [0.5, 0.6) is 0 Å². The Morgan fingerprint density at radius 1 is 1.35 bits per heavy atom. The zero-order chi connectivity index (χ0) is 17.0. The number of carbonyl (C=O) groups excluding carboxylic acids is 1. The van der Waals surface area contributed by atoms with Gasteiger partial charge in [0.25, 0.3) is 0 Å². The van der Waals surface area contributed by atoms with Gasteiger partial charge >= 0.3 is 12.2 Å². The molecule has 5 nitrogen and oxygen atoms in total. The molecular weight excluding hydrogens is 311 g/mol. The predicted octanol–water partition coefficient (Wildman–Crippen LogP) is 1.82. The van der Waals surface area contributed by atoms with Gasteiger partial charge < -0.3 is 20.2 Å². The first-order valence-corrected chi connectivity index (χ1v) is 8.24. The second kappa shape index (κ2) is 7.70. The number of hydrogen-bond acceptors (Lipinski definition) is 3. The average Bonchev–Trinajstić information content (AvgIpc) is 3.10. The van der Waals surface area contributed by atoms with Crippen LogP contribution in [0.15, 0.2) is 0 Å². The van der Waals surface area contributed by atoms with Crippen LogP contribution in [-0.4, -0.2) is 72.5 Å². The van der Waals surface area contributed by atoms with Gasteiger partial charge in [0.1, 0.15) is 0 Å². The number of hydrogen-bond donors (Lipinski definition) is 2. The fourth-order valence-electron chi connectivity index (χ4n) is 3.41. The molecule has 0 spiro atoms. The Kier molecular flexibility index (Phi) is 6.13. The van der Waals surface area contributed by atoms with Gasteiger partial charge in [-0.15, -0.1) is 0 Å².